The molecule has 9 nitrogen and oxygen atoms in total. The Morgan fingerprint density at radius 2 is 1.86 bits per heavy atom. The minimum atomic E-state index is -4.38. The molecule has 1 amide bonds. The molecule has 0 N–H and O–H groups in total. The van der Waals surface area contributed by atoms with Crippen LogP contribution < -0.4 is 13.9 Å². The maximum atomic E-state index is 13.7. The van der Waals surface area contributed by atoms with E-state index in [1.807, 2.05) is 31.2 Å². The molecule has 3 aromatic carbocycles. The molecule has 0 fully saturated rings. The zero-order valence-electron chi connectivity index (χ0n) is 18.9. The highest BCUT2D eigenvalue weighted by atomic mass is 35.5. The van der Waals surface area contributed by atoms with E-state index in [4.69, 9.17) is 16.3 Å². The first-order valence-corrected chi connectivity index (χ1v) is 12.5. The van der Waals surface area contributed by atoms with E-state index >= 15 is 0 Å². The van der Waals surface area contributed by atoms with E-state index in [0.29, 0.717) is 12.2 Å². The molecule has 1 aliphatic heterocycles. The van der Waals surface area contributed by atoms with Crippen molar-refractivity contribution in [3.05, 3.63) is 87.4 Å². The molecule has 1 aliphatic rings. The fourth-order valence-corrected chi connectivity index (χ4v) is 5.75. The Labute approximate surface area is 207 Å². The monoisotopic (exact) mass is 515 g/mol. The molecule has 0 radical (unpaired) electrons. The molecule has 35 heavy (non-hydrogen) atoms. The summed E-state index contributed by atoms with van der Waals surface area (Å²) < 4.78 is 33.5. The fourth-order valence-electron chi connectivity index (χ4n) is 4.13. The Bertz CT molecular complexity index is 1390. The Kier molecular flexibility index (Phi) is 6.68. The van der Waals surface area contributed by atoms with Gasteiger partial charge in [-0.2, -0.15) is 0 Å². The van der Waals surface area contributed by atoms with Gasteiger partial charge in [0.2, 0.25) is 5.91 Å². The third-order valence-electron chi connectivity index (χ3n) is 5.82. The molecule has 1 atom stereocenters. The third-order valence-corrected chi connectivity index (χ3v) is 7.91. The summed E-state index contributed by atoms with van der Waals surface area (Å²) in [7, 11) is -2.91. The first kappa shape index (κ1) is 24.5. The lowest BCUT2D eigenvalue weighted by atomic mass is 10.1. The first-order valence-electron chi connectivity index (χ1n) is 10.6. The second-order valence-electron chi connectivity index (χ2n) is 8.03. The second-order valence-corrected chi connectivity index (χ2v) is 10.3. The van der Waals surface area contributed by atoms with Crippen LogP contribution in [0.4, 0.5) is 17.1 Å². The van der Waals surface area contributed by atoms with E-state index in [1.54, 1.807) is 17.0 Å². The van der Waals surface area contributed by atoms with Crippen LogP contribution in [0.3, 0.4) is 0 Å². The molecule has 0 saturated carbocycles. The van der Waals surface area contributed by atoms with E-state index in [9.17, 15) is 23.3 Å². The Balaban J connectivity index is 1.77. The van der Waals surface area contributed by atoms with Gasteiger partial charge in [0, 0.05) is 17.8 Å². The van der Waals surface area contributed by atoms with Crippen LogP contribution in [-0.2, 0) is 21.2 Å². The van der Waals surface area contributed by atoms with Gasteiger partial charge in [-0.1, -0.05) is 29.8 Å². The number of carbonyl (C=O) groups is 1. The van der Waals surface area contributed by atoms with Crippen LogP contribution in [0.1, 0.15) is 12.5 Å². The lowest BCUT2D eigenvalue weighted by Crippen LogP contribution is -2.45. The van der Waals surface area contributed by atoms with Crippen LogP contribution >= 0.6 is 11.6 Å². The van der Waals surface area contributed by atoms with Crippen LogP contribution in [0, 0.1) is 10.1 Å². The van der Waals surface area contributed by atoms with E-state index in [0.717, 1.165) is 27.7 Å². The summed E-state index contributed by atoms with van der Waals surface area (Å²) in [5.74, 6) is 0.0759. The molecule has 3 aromatic rings. The van der Waals surface area contributed by atoms with Crippen LogP contribution in [0.15, 0.2) is 71.6 Å². The first-order chi connectivity index (χ1) is 16.6. The maximum Gasteiger partial charge on any atom is 0.289 e. The number of methoxy groups -OCH3 is 1. The van der Waals surface area contributed by atoms with Crippen molar-refractivity contribution >= 4 is 44.6 Å². The molecular formula is C24H22ClN3O6S. The number of fused-ring (bicyclic) bond motifs is 1. The van der Waals surface area contributed by atoms with E-state index < -0.39 is 33.1 Å². The number of anilines is 2. The topological polar surface area (TPSA) is 110 Å². The lowest BCUT2D eigenvalue weighted by Gasteiger charge is -2.29. The molecule has 0 aromatic heterocycles. The third kappa shape index (κ3) is 4.67. The number of nitro groups is 1. The molecule has 4 rings (SSSR count). The van der Waals surface area contributed by atoms with Crippen molar-refractivity contribution in [3.8, 4) is 5.75 Å². The molecule has 0 spiro atoms. The van der Waals surface area contributed by atoms with Crippen LogP contribution in [-0.4, -0.2) is 38.9 Å². The zero-order valence-corrected chi connectivity index (χ0v) is 20.5. The number of halogens is 1. The zero-order chi connectivity index (χ0) is 25.3. The van der Waals surface area contributed by atoms with Gasteiger partial charge >= 0.3 is 0 Å². The van der Waals surface area contributed by atoms with Gasteiger partial charge < -0.3 is 9.64 Å². The molecule has 0 saturated heterocycles. The van der Waals surface area contributed by atoms with Crippen molar-refractivity contribution in [2.75, 3.05) is 22.9 Å². The predicted molar refractivity (Wildman–Crippen MR) is 133 cm³/mol. The van der Waals surface area contributed by atoms with Gasteiger partial charge in [0.25, 0.3) is 15.7 Å². The minimum Gasteiger partial charge on any atom is -0.497 e. The normalized spacial score (nSPS) is 14.9. The summed E-state index contributed by atoms with van der Waals surface area (Å²) in [4.78, 5) is 25.3. The van der Waals surface area contributed by atoms with E-state index in [1.165, 1.54) is 25.3 Å². The van der Waals surface area contributed by atoms with Crippen molar-refractivity contribution in [2.24, 2.45) is 0 Å². The van der Waals surface area contributed by atoms with E-state index in [-0.39, 0.29) is 21.6 Å². The molecule has 1 heterocycles. The van der Waals surface area contributed by atoms with Crippen molar-refractivity contribution in [1.29, 1.82) is 0 Å². The predicted octanol–water partition coefficient (Wildman–Crippen LogP) is 4.43. The summed E-state index contributed by atoms with van der Waals surface area (Å²) in [6, 6.07) is 16.7. The van der Waals surface area contributed by atoms with Gasteiger partial charge in [-0.05, 0) is 61.4 Å². The number of ether oxygens (including phenoxy) is 1. The average Bonchev–Trinajstić information content (AvgIpc) is 3.18. The number of nitro benzene ring substituents is 1. The fraction of sp³-hybridized carbons (Fsp3) is 0.208. The van der Waals surface area contributed by atoms with Crippen LogP contribution in [0.5, 0.6) is 5.75 Å². The number of benzene rings is 3. The van der Waals surface area contributed by atoms with Gasteiger partial charge in [0.05, 0.1) is 22.6 Å². The molecule has 182 valence electrons. The van der Waals surface area contributed by atoms with Crippen molar-refractivity contribution in [2.45, 2.75) is 24.3 Å². The Morgan fingerprint density at radius 3 is 2.51 bits per heavy atom. The van der Waals surface area contributed by atoms with E-state index in [2.05, 4.69) is 0 Å². The summed E-state index contributed by atoms with van der Waals surface area (Å²) in [5.41, 5.74) is 1.40. The molecule has 0 bridgehead atoms. The van der Waals surface area contributed by atoms with Gasteiger partial charge in [0.15, 0.2) is 0 Å². The number of hydrogen-bond donors (Lipinski definition) is 0. The smallest absolute Gasteiger partial charge is 0.289 e. The minimum absolute atomic E-state index is 0.156. The number of nitrogens with zero attached hydrogens (tertiary/aromatic N) is 3. The number of para-hydroxylation sites is 1. The summed E-state index contributed by atoms with van der Waals surface area (Å²) in [6.07, 6.45) is 0.653. The van der Waals surface area contributed by atoms with Gasteiger partial charge in [-0.15, -0.1) is 0 Å². The SMILES string of the molecule is COc1ccc(N(CC(=O)N2c3ccccc3CC2C)S(=O)(=O)c2ccc(Cl)c([N+](=O)[O-])c2)cc1. The molecule has 0 aliphatic carbocycles. The van der Waals surface area contributed by atoms with Crippen molar-refractivity contribution in [1.82, 2.24) is 0 Å². The van der Waals surface area contributed by atoms with Crippen molar-refractivity contribution < 1.29 is 22.9 Å². The summed E-state index contributed by atoms with van der Waals surface area (Å²) in [5, 5.41) is 11.2. The highest BCUT2D eigenvalue weighted by Gasteiger charge is 2.35. The number of hydrogen-bond acceptors (Lipinski definition) is 6. The Hall–Kier alpha value is -3.63. The largest absolute Gasteiger partial charge is 0.497 e. The standard InChI is InChI=1S/C24H22ClN3O6S/c1-16-13-17-5-3-4-6-22(17)27(16)24(29)15-26(18-7-9-19(34-2)10-8-18)35(32,33)20-11-12-21(25)23(14-20)28(30)31/h3-12,14,16H,13,15H2,1-2H3. The number of sulfonamides is 1. The van der Waals surface area contributed by atoms with Crippen LogP contribution in [0.25, 0.3) is 0 Å². The van der Waals surface area contributed by atoms with Crippen LogP contribution in [0.2, 0.25) is 5.02 Å². The summed E-state index contributed by atoms with van der Waals surface area (Å²) in [6.45, 7) is 1.39. The summed E-state index contributed by atoms with van der Waals surface area (Å²) >= 11 is 5.88. The highest BCUT2D eigenvalue weighted by Crippen LogP contribution is 2.34. The quantitative estimate of drug-likeness (QED) is 0.340. The molecule has 11 heteroatoms. The molecular weight excluding hydrogens is 494 g/mol. The maximum absolute atomic E-state index is 13.7. The number of rotatable bonds is 7. The van der Waals surface area contributed by atoms with Gasteiger partial charge in [-0.25, -0.2) is 8.42 Å². The number of amides is 1. The average molecular weight is 516 g/mol. The van der Waals surface area contributed by atoms with Gasteiger partial charge in [-0.3, -0.25) is 19.2 Å². The van der Waals surface area contributed by atoms with Gasteiger partial charge in [0.1, 0.15) is 17.3 Å². The Morgan fingerprint density at radius 1 is 1.17 bits per heavy atom. The second kappa shape index (κ2) is 9.55. The molecule has 1 unspecified atom stereocenters. The lowest BCUT2D eigenvalue weighted by molar-refractivity contribution is -0.384. The number of carbonyl (C=O) groups excluding carboxylic acids is 1. The van der Waals surface area contributed by atoms with Crippen molar-refractivity contribution in [3.63, 3.8) is 0 Å². The highest BCUT2D eigenvalue weighted by molar-refractivity contribution is 7.92.